The molecule has 0 heterocycles. The van der Waals surface area contributed by atoms with E-state index in [0.29, 0.717) is 5.75 Å². The lowest BCUT2D eigenvalue weighted by Gasteiger charge is -2.06. The van der Waals surface area contributed by atoms with E-state index in [2.05, 4.69) is 0 Å². The maximum absolute atomic E-state index is 10.00. The van der Waals surface area contributed by atoms with Gasteiger partial charge in [0.1, 0.15) is 18.4 Å². The van der Waals surface area contributed by atoms with Crippen LogP contribution < -0.4 is 10.5 Å². The van der Waals surface area contributed by atoms with Crippen molar-refractivity contribution < 1.29 is 9.53 Å². The summed E-state index contributed by atoms with van der Waals surface area (Å²) in [5, 5.41) is 0. The third-order valence-electron chi connectivity index (χ3n) is 1.32. The summed E-state index contributed by atoms with van der Waals surface area (Å²) >= 11 is 0. The summed E-state index contributed by atoms with van der Waals surface area (Å²) in [6.45, 7) is 0.174. The number of hydrogen-bond acceptors (Lipinski definition) is 3. The van der Waals surface area contributed by atoms with Crippen LogP contribution in [0.4, 0.5) is 0 Å². The van der Waals surface area contributed by atoms with E-state index in [4.69, 9.17) is 10.5 Å². The lowest BCUT2D eigenvalue weighted by atomic mass is 10.3. The first-order valence-corrected chi connectivity index (χ1v) is 3.64. The van der Waals surface area contributed by atoms with Crippen molar-refractivity contribution in [1.29, 1.82) is 0 Å². The van der Waals surface area contributed by atoms with Gasteiger partial charge in [0.2, 0.25) is 6.29 Å². The third kappa shape index (κ3) is 2.72. The van der Waals surface area contributed by atoms with Gasteiger partial charge in [-0.2, -0.15) is 0 Å². The molecule has 0 saturated heterocycles. The number of ether oxygens (including phenoxy) is 1. The summed E-state index contributed by atoms with van der Waals surface area (Å²) in [6.07, 6.45) is 1.64. The van der Waals surface area contributed by atoms with Gasteiger partial charge in [0, 0.05) is 0 Å². The van der Waals surface area contributed by atoms with Gasteiger partial charge in [0.05, 0.1) is 0 Å². The number of carbonyl (C=O) groups excluding carboxylic acids is 1. The highest BCUT2D eigenvalue weighted by atomic mass is 16.5. The van der Waals surface area contributed by atoms with Crippen LogP contribution in [0.2, 0.25) is 0 Å². The first-order valence-electron chi connectivity index (χ1n) is 3.64. The van der Waals surface area contributed by atoms with Crippen molar-refractivity contribution in [2.75, 3.05) is 6.61 Å². The van der Waals surface area contributed by atoms with Gasteiger partial charge < -0.3 is 10.5 Å². The number of rotatable bonds is 4. The smallest absolute Gasteiger partial charge is 0.220 e. The van der Waals surface area contributed by atoms with Crippen LogP contribution in [-0.2, 0) is 4.79 Å². The lowest BCUT2D eigenvalue weighted by molar-refractivity contribution is 0.309. The Morgan fingerprint density at radius 3 is 2.67 bits per heavy atom. The predicted octanol–water partition coefficient (Wildman–Crippen LogP) is 0.502. The number of nitrogens with two attached hydrogens (primary N) is 1. The summed E-state index contributed by atoms with van der Waals surface area (Å²) in [5.41, 5.74) is 5.27. The number of benzene rings is 1. The zero-order valence-electron chi connectivity index (χ0n) is 6.57. The Labute approximate surface area is 71.1 Å². The Hall–Kier alpha value is -1.35. The quantitative estimate of drug-likeness (QED) is 0.705. The molecule has 0 bridgehead atoms. The van der Waals surface area contributed by atoms with Gasteiger partial charge in [-0.15, -0.1) is 0 Å². The minimum Gasteiger partial charge on any atom is -0.491 e. The van der Waals surface area contributed by atoms with Gasteiger partial charge in [-0.25, -0.2) is 0 Å². The average molecular weight is 164 g/mol. The standard InChI is InChI=1S/C9H10NO2/c10-8(6-11)7-12-9-4-2-1-3-5-9/h1-5,8H,7,10H2/t8-/m1/s1. The Morgan fingerprint density at radius 1 is 1.42 bits per heavy atom. The molecule has 0 fully saturated rings. The monoisotopic (exact) mass is 164 g/mol. The second-order valence-electron chi connectivity index (χ2n) is 2.35. The van der Waals surface area contributed by atoms with Crippen LogP contribution in [0.3, 0.4) is 0 Å². The molecule has 3 heteroatoms. The van der Waals surface area contributed by atoms with Crippen LogP contribution in [0.25, 0.3) is 0 Å². The molecule has 1 rings (SSSR count). The van der Waals surface area contributed by atoms with Crippen molar-refractivity contribution in [3.63, 3.8) is 0 Å². The molecule has 1 radical (unpaired) electrons. The van der Waals surface area contributed by atoms with Gasteiger partial charge in [0.15, 0.2) is 0 Å². The second-order valence-corrected chi connectivity index (χ2v) is 2.35. The maximum Gasteiger partial charge on any atom is 0.220 e. The molecule has 1 aromatic rings. The SMILES string of the molecule is N[C@H]([C]=O)COc1ccccc1. The number of hydrogen-bond donors (Lipinski definition) is 1. The predicted molar refractivity (Wildman–Crippen MR) is 45.6 cm³/mol. The summed E-state index contributed by atoms with van der Waals surface area (Å²) in [5.74, 6) is 0.711. The molecule has 0 amide bonds. The minimum absolute atomic E-state index is 0.174. The normalized spacial score (nSPS) is 12.1. The summed E-state index contributed by atoms with van der Waals surface area (Å²) in [6, 6.07) is 8.54. The Balaban J connectivity index is 2.38. The molecule has 1 aromatic carbocycles. The van der Waals surface area contributed by atoms with Crippen LogP contribution in [0.1, 0.15) is 0 Å². The molecule has 0 aliphatic carbocycles. The van der Waals surface area contributed by atoms with Gasteiger partial charge in [-0.3, -0.25) is 4.79 Å². The highest BCUT2D eigenvalue weighted by Crippen LogP contribution is 2.07. The summed E-state index contributed by atoms with van der Waals surface area (Å²) in [7, 11) is 0. The molecule has 0 aliphatic heterocycles. The van der Waals surface area contributed by atoms with E-state index in [0.717, 1.165) is 0 Å². The fourth-order valence-electron chi connectivity index (χ4n) is 0.737. The van der Waals surface area contributed by atoms with Gasteiger partial charge in [0.25, 0.3) is 0 Å². The summed E-state index contributed by atoms with van der Waals surface area (Å²) in [4.78, 5) is 10.00. The Kier molecular flexibility index (Phi) is 3.29. The van der Waals surface area contributed by atoms with E-state index in [1.807, 2.05) is 18.2 Å². The van der Waals surface area contributed by atoms with Crippen LogP contribution in [0.15, 0.2) is 30.3 Å². The second kappa shape index (κ2) is 4.51. The average Bonchev–Trinajstić information content (AvgIpc) is 2.16. The zero-order chi connectivity index (χ0) is 8.81. The maximum atomic E-state index is 10.00. The molecular formula is C9H10NO2. The Morgan fingerprint density at radius 2 is 2.08 bits per heavy atom. The highest BCUT2D eigenvalue weighted by Gasteiger charge is 2.00. The van der Waals surface area contributed by atoms with Crippen molar-refractivity contribution >= 4 is 6.29 Å². The fourth-order valence-corrected chi connectivity index (χ4v) is 0.737. The first kappa shape index (κ1) is 8.74. The van der Waals surface area contributed by atoms with E-state index < -0.39 is 6.04 Å². The van der Waals surface area contributed by atoms with Crippen LogP contribution in [0.5, 0.6) is 5.75 Å². The van der Waals surface area contributed by atoms with Crippen molar-refractivity contribution in [2.45, 2.75) is 6.04 Å². The van der Waals surface area contributed by atoms with Gasteiger partial charge >= 0.3 is 0 Å². The topological polar surface area (TPSA) is 52.3 Å². The van der Waals surface area contributed by atoms with E-state index in [-0.39, 0.29) is 6.61 Å². The van der Waals surface area contributed by atoms with Crippen molar-refractivity contribution in [3.8, 4) is 5.75 Å². The van der Waals surface area contributed by atoms with Crippen LogP contribution in [0, 0.1) is 0 Å². The molecule has 0 aliphatic rings. The molecule has 2 N–H and O–H groups in total. The minimum atomic E-state index is -0.662. The van der Waals surface area contributed by atoms with Crippen molar-refractivity contribution in [2.24, 2.45) is 5.73 Å². The molecule has 0 saturated carbocycles. The first-order chi connectivity index (χ1) is 5.83. The highest BCUT2D eigenvalue weighted by molar-refractivity contribution is 5.58. The summed E-state index contributed by atoms with van der Waals surface area (Å²) < 4.78 is 5.17. The molecule has 63 valence electrons. The molecular weight excluding hydrogens is 154 g/mol. The van der Waals surface area contributed by atoms with Gasteiger partial charge in [-0.05, 0) is 12.1 Å². The van der Waals surface area contributed by atoms with E-state index in [1.54, 1.807) is 18.4 Å². The molecule has 0 aromatic heterocycles. The van der Waals surface area contributed by atoms with E-state index >= 15 is 0 Å². The van der Waals surface area contributed by atoms with Crippen molar-refractivity contribution in [1.82, 2.24) is 0 Å². The largest absolute Gasteiger partial charge is 0.491 e. The van der Waals surface area contributed by atoms with Crippen molar-refractivity contribution in [3.05, 3.63) is 30.3 Å². The third-order valence-corrected chi connectivity index (χ3v) is 1.32. The zero-order valence-corrected chi connectivity index (χ0v) is 6.57. The lowest BCUT2D eigenvalue weighted by Crippen LogP contribution is -2.28. The molecule has 0 unspecified atom stereocenters. The molecule has 1 atom stereocenters. The molecule has 12 heavy (non-hydrogen) atoms. The van der Waals surface area contributed by atoms with Gasteiger partial charge in [-0.1, -0.05) is 18.2 Å². The van der Waals surface area contributed by atoms with Crippen LogP contribution >= 0.6 is 0 Å². The van der Waals surface area contributed by atoms with E-state index in [1.165, 1.54) is 0 Å². The molecule has 0 spiro atoms. The van der Waals surface area contributed by atoms with E-state index in [9.17, 15) is 4.79 Å². The Bertz CT molecular complexity index is 236. The van der Waals surface area contributed by atoms with Crippen LogP contribution in [-0.4, -0.2) is 18.9 Å². The molecule has 3 nitrogen and oxygen atoms in total. The number of para-hydroxylation sites is 1. The fraction of sp³-hybridized carbons (Fsp3) is 0.222.